The molecule has 118 valence electrons. The minimum absolute atomic E-state index is 0.0477. The zero-order valence-electron chi connectivity index (χ0n) is 12.4. The van der Waals surface area contributed by atoms with Crippen molar-refractivity contribution in [2.45, 2.75) is 13.3 Å². The molecule has 4 nitrogen and oxygen atoms in total. The first-order chi connectivity index (χ1) is 10.7. The Balaban J connectivity index is 1.70. The second kappa shape index (κ2) is 8.39. The molecule has 0 amide bonds. The van der Waals surface area contributed by atoms with Crippen LogP contribution in [0.1, 0.15) is 13.3 Å². The lowest BCUT2D eigenvalue weighted by atomic mass is 10.3. The van der Waals surface area contributed by atoms with Gasteiger partial charge in [0.25, 0.3) is 0 Å². The van der Waals surface area contributed by atoms with E-state index in [1.807, 2.05) is 31.2 Å². The predicted octanol–water partition coefficient (Wildman–Crippen LogP) is 4.29. The monoisotopic (exact) mass is 322 g/mol. The van der Waals surface area contributed by atoms with Crippen molar-refractivity contribution in [1.82, 2.24) is 0 Å². The topological polar surface area (TPSA) is 47.9 Å². The van der Waals surface area contributed by atoms with Crippen LogP contribution in [0.3, 0.4) is 0 Å². The van der Waals surface area contributed by atoms with Crippen LogP contribution < -0.4 is 14.2 Å². The molecule has 2 aromatic carbocycles. The van der Waals surface area contributed by atoms with Gasteiger partial charge in [0, 0.05) is 18.6 Å². The van der Waals surface area contributed by atoms with E-state index >= 15 is 0 Å². The fourth-order valence-corrected chi connectivity index (χ4v) is 2.01. The van der Waals surface area contributed by atoms with Crippen LogP contribution in [0.2, 0.25) is 5.02 Å². The van der Waals surface area contributed by atoms with E-state index in [-0.39, 0.29) is 10.8 Å². The van der Waals surface area contributed by atoms with E-state index in [4.69, 9.17) is 25.8 Å². The van der Waals surface area contributed by atoms with Gasteiger partial charge >= 0.3 is 0 Å². The van der Waals surface area contributed by atoms with Crippen LogP contribution >= 0.6 is 11.6 Å². The Bertz CT molecular complexity index is 601. The molecule has 0 atom stereocenters. The van der Waals surface area contributed by atoms with Crippen LogP contribution in [-0.2, 0) is 0 Å². The number of halogens is 1. The van der Waals surface area contributed by atoms with Crippen molar-refractivity contribution in [2.24, 2.45) is 0 Å². The highest BCUT2D eigenvalue weighted by Crippen LogP contribution is 2.27. The fraction of sp³-hybridized carbons (Fsp3) is 0.294. The van der Waals surface area contributed by atoms with E-state index in [0.29, 0.717) is 25.6 Å². The standard InChI is InChI=1S/C17H19ClO4/c1-2-20-13-5-3-6-14(11-13)21-9-4-10-22-15-7-8-17(19)16(18)12-15/h3,5-8,11-12,19H,2,4,9-10H2,1H3. The van der Waals surface area contributed by atoms with Crippen molar-refractivity contribution >= 4 is 11.6 Å². The van der Waals surface area contributed by atoms with Gasteiger partial charge in [0.1, 0.15) is 23.0 Å². The highest BCUT2D eigenvalue weighted by atomic mass is 35.5. The summed E-state index contributed by atoms with van der Waals surface area (Å²) in [6, 6.07) is 12.3. The van der Waals surface area contributed by atoms with Crippen molar-refractivity contribution in [3.8, 4) is 23.0 Å². The summed E-state index contributed by atoms with van der Waals surface area (Å²) in [6.45, 7) is 3.63. The number of rotatable bonds is 8. The lowest BCUT2D eigenvalue weighted by molar-refractivity contribution is 0.246. The van der Waals surface area contributed by atoms with Crippen molar-refractivity contribution in [3.05, 3.63) is 47.5 Å². The Morgan fingerprint density at radius 1 is 0.909 bits per heavy atom. The van der Waals surface area contributed by atoms with Gasteiger partial charge in [-0.05, 0) is 31.2 Å². The van der Waals surface area contributed by atoms with Crippen LogP contribution in [-0.4, -0.2) is 24.9 Å². The van der Waals surface area contributed by atoms with Crippen molar-refractivity contribution in [2.75, 3.05) is 19.8 Å². The maximum absolute atomic E-state index is 9.32. The van der Waals surface area contributed by atoms with Gasteiger partial charge < -0.3 is 19.3 Å². The molecule has 0 bridgehead atoms. The summed E-state index contributed by atoms with van der Waals surface area (Å²) in [7, 11) is 0. The molecule has 0 aromatic heterocycles. The molecule has 0 spiro atoms. The van der Waals surface area contributed by atoms with Crippen LogP contribution in [0.25, 0.3) is 0 Å². The molecule has 0 radical (unpaired) electrons. The Hall–Kier alpha value is -2.07. The van der Waals surface area contributed by atoms with Crippen molar-refractivity contribution in [1.29, 1.82) is 0 Å². The number of phenols is 1. The maximum atomic E-state index is 9.32. The minimum Gasteiger partial charge on any atom is -0.506 e. The number of hydrogen-bond acceptors (Lipinski definition) is 4. The third kappa shape index (κ3) is 5.04. The summed E-state index contributed by atoms with van der Waals surface area (Å²) in [5.41, 5.74) is 0. The van der Waals surface area contributed by atoms with Gasteiger partial charge in [-0.2, -0.15) is 0 Å². The Morgan fingerprint density at radius 2 is 1.55 bits per heavy atom. The highest BCUT2D eigenvalue weighted by molar-refractivity contribution is 6.32. The molecule has 2 rings (SSSR count). The summed E-state index contributed by atoms with van der Waals surface area (Å²) in [4.78, 5) is 0. The molecule has 0 saturated carbocycles. The van der Waals surface area contributed by atoms with Gasteiger partial charge in [0.05, 0.1) is 24.8 Å². The van der Waals surface area contributed by atoms with Gasteiger partial charge in [-0.15, -0.1) is 0 Å². The molecule has 0 fully saturated rings. The summed E-state index contributed by atoms with van der Waals surface area (Å²) in [5.74, 6) is 2.25. The molecule has 0 aliphatic rings. The quantitative estimate of drug-likeness (QED) is 0.736. The molecule has 0 aliphatic heterocycles. The van der Waals surface area contributed by atoms with Crippen molar-refractivity contribution in [3.63, 3.8) is 0 Å². The number of ether oxygens (including phenoxy) is 3. The van der Waals surface area contributed by atoms with Gasteiger partial charge in [-0.3, -0.25) is 0 Å². The first-order valence-corrected chi connectivity index (χ1v) is 7.54. The summed E-state index contributed by atoms with van der Waals surface area (Å²) in [6.07, 6.45) is 0.733. The fourth-order valence-electron chi connectivity index (χ4n) is 1.84. The normalized spacial score (nSPS) is 10.3. The molecule has 22 heavy (non-hydrogen) atoms. The number of benzene rings is 2. The van der Waals surface area contributed by atoms with Crippen LogP contribution in [0.5, 0.6) is 23.0 Å². The minimum atomic E-state index is 0.0477. The smallest absolute Gasteiger partial charge is 0.134 e. The Labute approximate surface area is 135 Å². The summed E-state index contributed by atoms with van der Waals surface area (Å²) < 4.78 is 16.6. The van der Waals surface area contributed by atoms with E-state index in [2.05, 4.69) is 0 Å². The number of phenolic OH excluding ortho intramolecular Hbond substituents is 1. The van der Waals surface area contributed by atoms with Gasteiger partial charge in [-0.1, -0.05) is 17.7 Å². The SMILES string of the molecule is CCOc1cccc(OCCCOc2ccc(O)c(Cl)c2)c1. The zero-order chi connectivity index (χ0) is 15.8. The van der Waals surface area contributed by atoms with E-state index in [1.165, 1.54) is 6.07 Å². The average Bonchev–Trinajstić information content (AvgIpc) is 2.51. The molecule has 1 N–H and O–H groups in total. The molecule has 0 saturated heterocycles. The first-order valence-electron chi connectivity index (χ1n) is 7.16. The van der Waals surface area contributed by atoms with E-state index < -0.39 is 0 Å². The molecule has 2 aromatic rings. The lowest BCUT2D eigenvalue weighted by Gasteiger charge is -2.10. The summed E-state index contributed by atoms with van der Waals surface area (Å²) >= 11 is 5.81. The molecule has 0 unspecified atom stereocenters. The van der Waals surface area contributed by atoms with E-state index in [1.54, 1.807) is 12.1 Å². The zero-order valence-corrected chi connectivity index (χ0v) is 13.2. The number of hydrogen-bond donors (Lipinski definition) is 1. The third-order valence-electron chi connectivity index (χ3n) is 2.86. The van der Waals surface area contributed by atoms with Crippen LogP contribution in [0.4, 0.5) is 0 Å². The maximum Gasteiger partial charge on any atom is 0.134 e. The second-order valence-electron chi connectivity index (χ2n) is 4.57. The third-order valence-corrected chi connectivity index (χ3v) is 3.16. The number of aromatic hydroxyl groups is 1. The molecule has 0 aliphatic carbocycles. The second-order valence-corrected chi connectivity index (χ2v) is 4.98. The van der Waals surface area contributed by atoms with Gasteiger partial charge in [-0.25, -0.2) is 0 Å². The largest absolute Gasteiger partial charge is 0.506 e. The van der Waals surface area contributed by atoms with Crippen LogP contribution in [0, 0.1) is 0 Å². The average molecular weight is 323 g/mol. The van der Waals surface area contributed by atoms with E-state index in [9.17, 15) is 5.11 Å². The summed E-state index contributed by atoms with van der Waals surface area (Å²) in [5, 5.41) is 9.60. The Morgan fingerprint density at radius 3 is 2.18 bits per heavy atom. The molecule has 5 heteroatoms. The highest BCUT2D eigenvalue weighted by Gasteiger charge is 2.01. The Kier molecular flexibility index (Phi) is 6.22. The first kappa shape index (κ1) is 16.3. The molecular formula is C17H19ClO4. The van der Waals surface area contributed by atoms with Gasteiger partial charge in [0.15, 0.2) is 0 Å². The van der Waals surface area contributed by atoms with Crippen molar-refractivity contribution < 1.29 is 19.3 Å². The molecular weight excluding hydrogens is 304 g/mol. The van der Waals surface area contributed by atoms with Gasteiger partial charge in [0.2, 0.25) is 0 Å². The predicted molar refractivity (Wildman–Crippen MR) is 86.3 cm³/mol. The lowest BCUT2D eigenvalue weighted by Crippen LogP contribution is -2.05. The molecule has 0 heterocycles. The van der Waals surface area contributed by atoms with Crippen LogP contribution in [0.15, 0.2) is 42.5 Å². The van der Waals surface area contributed by atoms with E-state index in [0.717, 1.165) is 17.9 Å².